The van der Waals surface area contributed by atoms with E-state index >= 15 is 0 Å². The van der Waals surface area contributed by atoms with Crippen LogP contribution in [0.15, 0.2) is 30.3 Å². The summed E-state index contributed by atoms with van der Waals surface area (Å²) >= 11 is 0. The van der Waals surface area contributed by atoms with E-state index in [1.165, 1.54) is 0 Å². The second-order valence-corrected chi connectivity index (χ2v) is 5.89. The minimum Gasteiger partial charge on any atom is -0.493 e. The Labute approximate surface area is 179 Å². The predicted octanol–water partition coefficient (Wildman–Crippen LogP) is 3.03. The third kappa shape index (κ3) is 5.44. The van der Waals surface area contributed by atoms with Gasteiger partial charge >= 0.3 is 18.6 Å². The topological polar surface area (TPSA) is 143 Å². The highest BCUT2D eigenvalue weighted by Crippen LogP contribution is 2.35. The number of hydrogen-bond donors (Lipinski definition) is 1. The molecule has 0 heterocycles. The number of benzene rings is 2. The summed E-state index contributed by atoms with van der Waals surface area (Å²) in [4.78, 5) is 47.0. The quantitative estimate of drug-likeness (QED) is 0.362. The molecule has 0 unspecified atom stereocenters. The summed E-state index contributed by atoms with van der Waals surface area (Å²) in [6.07, 6.45) is 0. The molecule has 0 aliphatic heterocycles. The molecule has 11 nitrogen and oxygen atoms in total. The molecular formula is C19H16F2N2O9. The van der Waals surface area contributed by atoms with Crippen molar-refractivity contribution in [2.45, 2.75) is 6.61 Å². The molecule has 0 bridgehead atoms. The zero-order chi connectivity index (χ0) is 24.0. The number of ether oxygens (including phenoxy) is 4. The number of amides is 1. The zero-order valence-electron chi connectivity index (χ0n) is 16.8. The molecule has 0 fully saturated rings. The molecular weight excluding hydrogens is 438 g/mol. The Morgan fingerprint density at radius 1 is 0.938 bits per heavy atom. The molecule has 0 radical (unpaired) electrons. The van der Waals surface area contributed by atoms with Crippen molar-refractivity contribution in [1.82, 2.24) is 0 Å². The minimum atomic E-state index is -3.24. The molecule has 13 heteroatoms. The third-order valence-electron chi connectivity index (χ3n) is 3.99. The standard InChI is InChI=1S/C19H16F2N2O9/c1-29-14-7-12(18(26)31-3)13(8-15(14)32-19(20)21)22-16(24)9-4-10(17(25)30-2)6-11(5-9)23(27)28/h4-8,19H,1-3H3,(H,22,24). The minimum absolute atomic E-state index is 0.243. The van der Waals surface area contributed by atoms with Crippen LogP contribution in [0.5, 0.6) is 11.5 Å². The van der Waals surface area contributed by atoms with Crippen LogP contribution in [-0.4, -0.2) is 50.7 Å². The second-order valence-electron chi connectivity index (χ2n) is 5.89. The van der Waals surface area contributed by atoms with Crippen LogP contribution >= 0.6 is 0 Å². The van der Waals surface area contributed by atoms with E-state index in [1.54, 1.807) is 0 Å². The van der Waals surface area contributed by atoms with Crippen LogP contribution in [0.3, 0.4) is 0 Å². The molecule has 0 aliphatic carbocycles. The van der Waals surface area contributed by atoms with Crippen molar-refractivity contribution in [2.24, 2.45) is 0 Å². The largest absolute Gasteiger partial charge is 0.493 e. The van der Waals surface area contributed by atoms with Crippen molar-refractivity contribution in [3.8, 4) is 11.5 Å². The monoisotopic (exact) mass is 454 g/mol. The van der Waals surface area contributed by atoms with Crippen molar-refractivity contribution in [3.63, 3.8) is 0 Å². The smallest absolute Gasteiger partial charge is 0.387 e. The van der Waals surface area contributed by atoms with Crippen LogP contribution in [0, 0.1) is 10.1 Å². The molecule has 32 heavy (non-hydrogen) atoms. The number of alkyl halides is 2. The number of carbonyl (C=O) groups excluding carboxylic acids is 3. The lowest BCUT2D eigenvalue weighted by molar-refractivity contribution is -0.384. The number of nitro benzene ring substituents is 1. The lowest BCUT2D eigenvalue weighted by Crippen LogP contribution is -2.17. The number of nitro groups is 1. The summed E-state index contributed by atoms with van der Waals surface area (Å²) in [5.74, 6) is -3.63. The van der Waals surface area contributed by atoms with Crippen molar-refractivity contribution in [3.05, 3.63) is 57.1 Å². The van der Waals surface area contributed by atoms with Gasteiger partial charge in [-0.3, -0.25) is 14.9 Å². The van der Waals surface area contributed by atoms with E-state index in [-0.39, 0.29) is 28.1 Å². The Bertz CT molecular complexity index is 1070. The van der Waals surface area contributed by atoms with Gasteiger partial charge in [-0.05, 0) is 6.07 Å². The number of esters is 2. The molecule has 0 aromatic heterocycles. The van der Waals surface area contributed by atoms with Gasteiger partial charge in [-0.2, -0.15) is 8.78 Å². The van der Waals surface area contributed by atoms with Crippen molar-refractivity contribution < 1.29 is 47.0 Å². The fourth-order valence-electron chi connectivity index (χ4n) is 2.57. The lowest BCUT2D eigenvalue weighted by Gasteiger charge is -2.15. The summed E-state index contributed by atoms with van der Waals surface area (Å²) in [7, 11) is 3.24. The van der Waals surface area contributed by atoms with E-state index in [2.05, 4.69) is 19.5 Å². The Hall–Kier alpha value is -4.29. The van der Waals surface area contributed by atoms with Gasteiger partial charge in [0.25, 0.3) is 11.6 Å². The lowest BCUT2D eigenvalue weighted by atomic mass is 10.1. The van der Waals surface area contributed by atoms with E-state index in [0.29, 0.717) is 0 Å². The molecule has 2 rings (SSSR count). The molecule has 1 amide bonds. The van der Waals surface area contributed by atoms with E-state index < -0.39 is 40.8 Å². The predicted molar refractivity (Wildman–Crippen MR) is 103 cm³/mol. The molecule has 0 saturated carbocycles. The fourth-order valence-corrected chi connectivity index (χ4v) is 2.57. The summed E-state index contributed by atoms with van der Waals surface area (Å²) in [6, 6.07) is 4.70. The number of non-ortho nitro benzene ring substituents is 1. The second kappa shape index (κ2) is 10.1. The Kier molecular flexibility index (Phi) is 7.61. The summed E-state index contributed by atoms with van der Waals surface area (Å²) in [5, 5.41) is 13.4. The number of halogens is 2. The van der Waals surface area contributed by atoms with E-state index in [9.17, 15) is 33.3 Å². The first kappa shape index (κ1) is 24.0. The Morgan fingerprint density at radius 2 is 1.56 bits per heavy atom. The number of nitrogens with one attached hydrogen (secondary N) is 1. The first-order valence-electron chi connectivity index (χ1n) is 8.55. The fraction of sp³-hybridized carbons (Fsp3) is 0.211. The van der Waals surface area contributed by atoms with Gasteiger partial charge in [-0.25, -0.2) is 9.59 Å². The number of nitrogens with zero attached hydrogens (tertiary/aromatic N) is 1. The average Bonchev–Trinajstić information content (AvgIpc) is 2.77. The van der Waals surface area contributed by atoms with Gasteiger partial charge in [-0.1, -0.05) is 0 Å². The van der Waals surface area contributed by atoms with E-state index in [0.717, 1.165) is 51.7 Å². The highest BCUT2D eigenvalue weighted by atomic mass is 19.3. The Morgan fingerprint density at radius 3 is 2.09 bits per heavy atom. The van der Waals surface area contributed by atoms with Crippen LogP contribution < -0.4 is 14.8 Å². The van der Waals surface area contributed by atoms with Gasteiger partial charge in [0.05, 0.1) is 43.1 Å². The van der Waals surface area contributed by atoms with Gasteiger partial charge < -0.3 is 24.3 Å². The van der Waals surface area contributed by atoms with Crippen LogP contribution in [0.4, 0.5) is 20.2 Å². The molecule has 2 aromatic rings. The molecule has 1 N–H and O–H groups in total. The van der Waals surface area contributed by atoms with E-state index in [1.807, 2.05) is 0 Å². The number of methoxy groups -OCH3 is 3. The van der Waals surface area contributed by atoms with Crippen molar-refractivity contribution >= 4 is 29.2 Å². The molecule has 0 aliphatic rings. The molecule has 170 valence electrons. The summed E-state index contributed by atoms with van der Waals surface area (Å²) in [5.41, 5.74) is -1.80. The van der Waals surface area contributed by atoms with Gasteiger partial charge in [0.2, 0.25) is 0 Å². The highest BCUT2D eigenvalue weighted by molar-refractivity contribution is 6.09. The van der Waals surface area contributed by atoms with Crippen LogP contribution in [0.1, 0.15) is 31.1 Å². The highest BCUT2D eigenvalue weighted by Gasteiger charge is 2.23. The van der Waals surface area contributed by atoms with Crippen LogP contribution in [0.2, 0.25) is 0 Å². The number of rotatable bonds is 8. The molecule has 0 atom stereocenters. The van der Waals surface area contributed by atoms with Crippen molar-refractivity contribution in [2.75, 3.05) is 26.6 Å². The normalized spacial score (nSPS) is 10.3. The average molecular weight is 454 g/mol. The first-order chi connectivity index (χ1) is 15.1. The zero-order valence-corrected chi connectivity index (χ0v) is 16.8. The van der Waals surface area contributed by atoms with E-state index in [4.69, 9.17) is 4.74 Å². The Balaban J connectivity index is 2.56. The molecule has 0 saturated heterocycles. The van der Waals surface area contributed by atoms with Gasteiger partial charge in [0.15, 0.2) is 11.5 Å². The first-order valence-corrected chi connectivity index (χ1v) is 8.55. The maximum Gasteiger partial charge on any atom is 0.387 e. The van der Waals surface area contributed by atoms with Gasteiger partial charge in [0, 0.05) is 29.8 Å². The van der Waals surface area contributed by atoms with Gasteiger partial charge in [-0.15, -0.1) is 0 Å². The maximum absolute atomic E-state index is 12.7. The third-order valence-corrected chi connectivity index (χ3v) is 3.99. The molecule has 0 spiro atoms. The number of anilines is 1. The number of carbonyl (C=O) groups is 3. The van der Waals surface area contributed by atoms with Crippen molar-refractivity contribution in [1.29, 1.82) is 0 Å². The number of hydrogen-bond acceptors (Lipinski definition) is 9. The van der Waals surface area contributed by atoms with Crippen LogP contribution in [0.25, 0.3) is 0 Å². The maximum atomic E-state index is 12.7. The summed E-state index contributed by atoms with van der Waals surface area (Å²) in [6.45, 7) is -3.24. The summed E-state index contributed by atoms with van der Waals surface area (Å²) < 4.78 is 43.8. The molecule has 2 aromatic carbocycles. The van der Waals surface area contributed by atoms with Gasteiger partial charge in [0.1, 0.15) is 0 Å². The SMILES string of the molecule is COC(=O)c1cc(C(=O)Nc2cc(OC(F)F)c(OC)cc2C(=O)OC)cc([N+](=O)[O-])c1. The van der Waals surface area contributed by atoms with Crippen LogP contribution in [-0.2, 0) is 9.47 Å².